The summed E-state index contributed by atoms with van der Waals surface area (Å²) in [6.45, 7) is 8.97. The normalized spacial score (nSPS) is 10.8. The van der Waals surface area contributed by atoms with Crippen molar-refractivity contribution < 1.29 is 9.47 Å². The highest BCUT2D eigenvalue weighted by Crippen LogP contribution is 2.28. The fraction of sp³-hybridized carbons (Fsp3) is 0.474. The number of ether oxygens (including phenoxy) is 2. The van der Waals surface area contributed by atoms with E-state index in [0.717, 1.165) is 29.2 Å². The number of hydrogen-bond acceptors (Lipinski definition) is 5. The van der Waals surface area contributed by atoms with Gasteiger partial charge in [0.1, 0.15) is 0 Å². The van der Waals surface area contributed by atoms with Crippen LogP contribution in [-0.4, -0.2) is 23.5 Å². The summed E-state index contributed by atoms with van der Waals surface area (Å²) in [5.41, 5.74) is 2.38. The van der Waals surface area contributed by atoms with Crippen molar-refractivity contribution in [2.45, 2.75) is 46.7 Å². The molecule has 25 heavy (non-hydrogen) atoms. The van der Waals surface area contributed by atoms with Crippen molar-refractivity contribution in [3.63, 3.8) is 0 Å². The van der Waals surface area contributed by atoms with E-state index in [4.69, 9.17) is 9.47 Å². The Kier molecular flexibility index (Phi) is 6.44. The average Bonchev–Trinajstić information content (AvgIpc) is 2.60. The molecule has 0 radical (unpaired) electrons. The molecule has 1 heterocycles. The maximum atomic E-state index is 12.3. The van der Waals surface area contributed by atoms with E-state index in [1.54, 1.807) is 13.3 Å². The Morgan fingerprint density at radius 1 is 1.28 bits per heavy atom. The molecule has 0 bridgehead atoms. The summed E-state index contributed by atoms with van der Waals surface area (Å²) < 4.78 is 12.6. The Balaban J connectivity index is 2.16. The molecule has 0 fully saturated rings. The van der Waals surface area contributed by atoms with Crippen molar-refractivity contribution in [3.05, 3.63) is 45.9 Å². The lowest BCUT2D eigenvalue weighted by molar-refractivity contribution is 0.294. The maximum absolute atomic E-state index is 12.3. The van der Waals surface area contributed by atoms with Crippen LogP contribution in [-0.2, 0) is 6.54 Å². The summed E-state index contributed by atoms with van der Waals surface area (Å²) in [6.07, 6.45) is 2.64. The van der Waals surface area contributed by atoms with Gasteiger partial charge in [-0.3, -0.25) is 4.79 Å². The first-order valence-electron chi connectivity index (χ1n) is 8.59. The molecular formula is C19H27N3O3. The summed E-state index contributed by atoms with van der Waals surface area (Å²) in [5.74, 6) is 1.45. The number of nitrogens with one attached hydrogen (secondary N) is 1. The van der Waals surface area contributed by atoms with E-state index >= 15 is 0 Å². The smallest absolute Gasteiger partial charge is 0.271 e. The van der Waals surface area contributed by atoms with E-state index < -0.39 is 0 Å². The number of nitrogens with zero attached hydrogens (tertiary/aromatic N) is 2. The van der Waals surface area contributed by atoms with Crippen LogP contribution in [0.5, 0.6) is 11.5 Å². The maximum Gasteiger partial charge on any atom is 0.271 e. The highest BCUT2D eigenvalue weighted by Gasteiger charge is 2.10. The quantitative estimate of drug-likeness (QED) is 0.793. The third kappa shape index (κ3) is 4.53. The first-order chi connectivity index (χ1) is 12.0. The van der Waals surface area contributed by atoms with Gasteiger partial charge in [0.2, 0.25) is 0 Å². The van der Waals surface area contributed by atoms with Gasteiger partial charge in [-0.05, 0) is 44.9 Å². The van der Waals surface area contributed by atoms with Crippen LogP contribution in [0, 0.1) is 6.92 Å². The van der Waals surface area contributed by atoms with Crippen LogP contribution < -0.4 is 20.3 Å². The van der Waals surface area contributed by atoms with Crippen molar-refractivity contribution in [2.75, 3.05) is 19.0 Å². The zero-order valence-corrected chi connectivity index (χ0v) is 15.6. The molecule has 0 unspecified atom stereocenters. The summed E-state index contributed by atoms with van der Waals surface area (Å²) in [4.78, 5) is 12.3. The second kappa shape index (κ2) is 8.55. The van der Waals surface area contributed by atoms with Gasteiger partial charge in [-0.25, -0.2) is 4.68 Å². The lowest BCUT2D eigenvalue weighted by atomic mass is 10.2. The summed E-state index contributed by atoms with van der Waals surface area (Å²) >= 11 is 0. The summed E-state index contributed by atoms with van der Waals surface area (Å²) in [5, 5.41) is 7.52. The minimum Gasteiger partial charge on any atom is -0.493 e. The van der Waals surface area contributed by atoms with E-state index in [0.29, 0.717) is 18.7 Å². The van der Waals surface area contributed by atoms with E-state index in [1.807, 2.05) is 39.0 Å². The molecule has 1 N–H and O–H groups in total. The van der Waals surface area contributed by atoms with E-state index in [2.05, 4.69) is 17.3 Å². The van der Waals surface area contributed by atoms with Gasteiger partial charge >= 0.3 is 0 Å². The molecule has 2 aromatic rings. The second-order valence-electron chi connectivity index (χ2n) is 6.21. The molecule has 0 spiro atoms. The minimum absolute atomic E-state index is 0.0418. The van der Waals surface area contributed by atoms with Crippen LogP contribution in [0.25, 0.3) is 0 Å². The molecule has 0 amide bonds. The number of anilines is 1. The predicted molar refractivity (Wildman–Crippen MR) is 99.7 cm³/mol. The topological polar surface area (TPSA) is 65.4 Å². The first-order valence-corrected chi connectivity index (χ1v) is 8.59. The number of benzene rings is 1. The van der Waals surface area contributed by atoms with Crippen LogP contribution in [0.1, 0.15) is 44.4 Å². The third-order valence-corrected chi connectivity index (χ3v) is 3.91. The molecule has 0 aliphatic rings. The molecule has 0 saturated carbocycles. The lowest BCUT2D eigenvalue weighted by Crippen LogP contribution is -2.27. The Morgan fingerprint density at radius 2 is 2.04 bits per heavy atom. The molecule has 0 aliphatic heterocycles. The molecule has 0 aliphatic carbocycles. The van der Waals surface area contributed by atoms with Crippen molar-refractivity contribution >= 4 is 5.69 Å². The van der Waals surface area contributed by atoms with Gasteiger partial charge in [-0.1, -0.05) is 13.0 Å². The summed E-state index contributed by atoms with van der Waals surface area (Å²) in [7, 11) is 1.63. The van der Waals surface area contributed by atoms with Crippen LogP contribution >= 0.6 is 0 Å². The molecule has 0 atom stereocenters. The molecule has 6 heteroatoms. The van der Waals surface area contributed by atoms with Gasteiger partial charge in [0.05, 0.1) is 31.6 Å². The second-order valence-corrected chi connectivity index (χ2v) is 6.21. The number of methoxy groups -OCH3 is 1. The fourth-order valence-electron chi connectivity index (χ4n) is 2.46. The Bertz CT molecular complexity index is 769. The van der Waals surface area contributed by atoms with E-state index in [9.17, 15) is 4.79 Å². The molecule has 136 valence electrons. The van der Waals surface area contributed by atoms with Crippen molar-refractivity contribution in [1.29, 1.82) is 0 Å². The molecule has 1 aromatic heterocycles. The fourth-order valence-corrected chi connectivity index (χ4v) is 2.46. The Labute approximate surface area is 148 Å². The molecule has 1 aromatic carbocycles. The van der Waals surface area contributed by atoms with Crippen LogP contribution in [0.4, 0.5) is 5.69 Å². The monoisotopic (exact) mass is 345 g/mol. The van der Waals surface area contributed by atoms with E-state index in [1.165, 1.54) is 4.68 Å². The van der Waals surface area contributed by atoms with Gasteiger partial charge < -0.3 is 14.8 Å². The molecular weight excluding hydrogens is 318 g/mol. The van der Waals surface area contributed by atoms with E-state index in [-0.39, 0.29) is 11.6 Å². The summed E-state index contributed by atoms with van der Waals surface area (Å²) in [6, 6.07) is 5.87. The van der Waals surface area contributed by atoms with Crippen molar-refractivity contribution in [1.82, 2.24) is 9.78 Å². The van der Waals surface area contributed by atoms with Crippen LogP contribution in [0.3, 0.4) is 0 Å². The first kappa shape index (κ1) is 18.8. The van der Waals surface area contributed by atoms with Gasteiger partial charge in [-0.2, -0.15) is 5.10 Å². The van der Waals surface area contributed by atoms with Crippen molar-refractivity contribution in [3.8, 4) is 11.5 Å². The highest BCUT2D eigenvalue weighted by atomic mass is 16.5. The minimum atomic E-state index is -0.0679. The number of aromatic nitrogens is 2. The molecule has 2 rings (SSSR count). The highest BCUT2D eigenvalue weighted by molar-refractivity contribution is 5.49. The molecule has 0 saturated heterocycles. The largest absolute Gasteiger partial charge is 0.493 e. The zero-order valence-electron chi connectivity index (χ0n) is 15.6. The van der Waals surface area contributed by atoms with Gasteiger partial charge in [0.15, 0.2) is 11.5 Å². The van der Waals surface area contributed by atoms with Crippen LogP contribution in [0.2, 0.25) is 0 Å². The average molecular weight is 345 g/mol. The third-order valence-electron chi connectivity index (χ3n) is 3.91. The molecule has 6 nitrogen and oxygen atoms in total. The standard InChI is InChI=1S/C19H27N3O3/c1-6-9-25-18-10-15(7-8-17(18)24-5)11-20-16-12-21-22(13(2)3)19(23)14(16)4/h7-8,10,12-13,20H,6,9,11H2,1-5H3. The predicted octanol–water partition coefficient (Wildman–Crippen LogP) is 3.54. The SMILES string of the molecule is CCCOc1cc(CNc2cnn(C(C)C)c(=O)c2C)ccc1OC. The zero-order chi connectivity index (χ0) is 18.4. The van der Waals surface area contributed by atoms with Gasteiger partial charge in [0, 0.05) is 12.1 Å². The number of rotatable bonds is 8. The van der Waals surface area contributed by atoms with Gasteiger partial charge in [-0.15, -0.1) is 0 Å². The van der Waals surface area contributed by atoms with Crippen LogP contribution in [0.15, 0.2) is 29.2 Å². The number of hydrogen-bond donors (Lipinski definition) is 1. The Hall–Kier alpha value is -2.50. The lowest BCUT2D eigenvalue weighted by Gasteiger charge is -2.15. The van der Waals surface area contributed by atoms with Crippen molar-refractivity contribution in [2.24, 2.45) is 0 Å². The Morgan fingerprint density at radius 3 is 2.68 bits per heavy atom. The van der Waals surface area contributed by atoms with Gasteiger partial charge in [0.25, 0.3) is 5.56 Å².